The first-order valence-corrected chi connectivity index (χ1v) is 4.43. The molecule has 0 atom stereocenters. The third-order valence-corrected chi connectivity index (χ3v) is 1.80. The van der Waals surface area contributed by atoms with Crippen molar-refractivity contribution in [2.24, 2.45) is 5.92 Å². The van der Waals surface area contributed by atoms with Crippen molar-refractivity contribution in [3.05, 3.63) is 6.92 Å². The summed E-state index contributed by atoms with van der Waals surface area (Å²) in [7, 11) is 0. The van der Waals surface area contributed by atoms with E-state index in [0.29, 0.717) is 0 Å². The molecule has 12 heavy (non-hydrogen) atoms. The Morgan fingerprint density at radius 1 is 1.00 bits per heavy atom. The van der Waals surface area contributed by atoms with E-state index in [9.17, 15) is 0 Å². The average molecular weight is 163 g/mol. The maximum absolute atomic E-state index is 8.45. The maximum Gasteiger partial charge on any atom is 0.133 e. The summed E-state index contributed by atoms with van der Waals surface area (Å²) >= 11 is 0. The molecule has 0 fully saturated rings. The summed E-state index contributed by atoms with van der Waals surface area (Å²) in [5.41, 5.74) is 0. The Morgan fingerprint density at radius 3 is 2.08 bits per heavy atom. The topological polar surface area (TPSA) is 47.6 Å². The minimum atomic E-state index is -0.398. The third-order valence-electron chi connectivity index (χ3n) is 1.80. The van der Waals surface area contributed by atoms with E-state index in [2.05, 4.69) is 6.92 Å². The Morgan fingerprint density at radius 2 is 1.58 bits per heavy atom. The van der Waals surface area contributed by atoms with Gasteiger partial charge in [0.2, 0.25) is 0 Å². The van der Waals surface area contributed by atoms with Crippen LogP contribution in [0.4, 0.5) is 0 Å². The summed E-state index contributed by atoms with van der Waals surface area (Å²) in [6.45, 7) is 3.75. The quantitative estimate of drug-likeness (QED) is 0.565. The lowest BCUT2D eigenvalue weighted by Gasteiger charge is -1.99. The molecule has 1 radical (unpaired) electrons. The van der Waals surface area contributed by atoms with Crippen LogP contribution in [0.1, 0.15) is 38.5 Å². The predicted molar refractivity (Wildman–Crippen MR) is 47.8 cm³/mol. The molecular formula is C10H15N2. The van der Waals surface area contributed by atoms with Gasteiger partial charge in [0.15, 0.2) is 0 Å². The van der Waals surface area contributed by atoms with Crippen LogP contribution < -0.4 is 0 Å². The summed E-state index contributed by atoms with van der Waals surface area (Å²) < 4.78 is 0. The molecule has 65 valence electrons. The molecule has 0 saturated carbocycles. The molecule has 0 amide bonds. The fourth-order valence-corrected chi connectivity index (χ4v) is 1.04. The van der Waals surface area contributed by atoms with E-state index in [1.807, 2.05) is 12.1 Å². The lowest BCUT2D eigenvalue weighted by Crippen LogP contribution is -1.92. The Hall–Kier alpha value is -1.02. The lowest BCUT2D eigenvalue weighted by atomic mass is 10.0. The van der Waals surface area contributed by atoms with Crippen molar-refractivity contribution >= 4 is 0 Å². The molecule has 0 N–H and O–H groups in total. The van der Waals surface area contributed by atoms with Gasteiger partial charge in [0.25, 0.3) is 0 Å². The molecule has 0 aliphatic rings. The van der Waals surface area contributed by atoms with Crippen molar-refractivity contribution in [1.82, 2.24) is 0 Å². The maximum atomic E-state index is 8.45. The van der Waals surface area contributed by atoms with Crippen LogP contribution in [0.5, 0.6) is 0 Å². The van der Waals surface area contributed by atoms with Crippen LogP contribution in [-0.4, -0.2) is 0 Å². The van der Waals surface area contributed by atoms with Gasteiger partial charge in [0.1, 0.15) is 5.92 Å². The second kappa shape index (κ2) is 8.08. The van der Waals surface area contributed by atoms with Gasteiger partial charge in [-0.25, -0.2) is 0 Å². The van der Waals surface area contributed by atoms with Gasteiger partial charge in [-0.2, -0.15) is 10.5 Å². The predicted octanol–water partition coefficient (Wildman–Crippen LogP) is 2.82. The minimum Gasteiger partial charge on any atom is -0.197 e. The highest BCUT2D eigenvalue weighted by Crippen LogP contribution is 2.09. The van der Waals surface area contributed by atoms with Crippen molar-refractivity contribution < 1.29 is 0 Å². The van der Waals surface area contributed by atoms with Crippen LogP contribution in [0.15, 0.2) is 0 Å². The second-order valence-corrected chi connectivity index (χ2v) is 2.87. The molecule has 0 aromatic rings. The number of unbranched alkanes of at least 4 members (excludes halogenated alkanes) is 4. The smallest absolute Gasteiger partial charge is 0.133 e. The molecule has 0 aliphatic heterocycles. The number of nitriles is 2. The van der Waals surface area contributed by atoms with Crippen molar-refractivity contribution in [2.75, 3.05) is 0 Å². The minimum absolute atomic E-state index is 0.398. The summed E-state index contributed by atoms with van der Waals surface area (Å²) in [5.74, 6) is -0.398. The fourth-order valence-electron chi connectivity index (χ4n) is 1.04. The summed E-state index contributed by atoms with van der Waals surface area (Å²) in [5, 5.41) is 16.9. The molecule has 0 unspecified atom stereocenters. The Balaban J connectivity index is 3.21. The molecule has 0 aliphatic carbocycles. The highest BCUT2D eigenvalue weighted by Gasteiger charge is 2.03. The Kier molecular flexibility index (Phi) is 7.39. The van der Waals surface area contributed by atoms with Crippen LogP contribution >= 0.6 is 0 Å². The van der Waals surface area contributed by atoms with Crippen LogP contribution in [0.2, 0.25) is 0 Å². The van der Waals surface area contributed by atoms with Crippen molar-refractivity contribution in [1.29, 1.82) is 10.5 Å². The zero-order valence-corrected chi connectivity index (χ0v) is 7.42. The van der Waals surface area contributed by atoms with Gasteiger partial charge < -0.3 is 0 Å². The van der Waals surface area contributed by atoms with Crippen LogP contribution in [-0.2, 0) is 0 Å². The molecule has 0 rings (SSSR count). The van der Waals surface area contributed by atoms with Crippen molar-refractivity contribution in [3.63, 3.8) is 0 Å². The highest BCUT2D eigenvalue weighted by atomic mass is 14.3. The molecule has 0 saturated heterocycles. The van der Waals surface area contributed by atoms with Gasteiger partial charge >= 0.3 is 0 Å². The molecule has 0 heterocycles. The molecule has 0 aromatic heterocycles. The standard InChI is InChI=1S/C10H15N2/c1-2-3-4-5-6-7-10(8-11)9-12/h10H,1-7H2. The fraction of sp³-hybridized carbons (Fsp3) is 0.700. The lowest BCUT2D eigenvalue weighted by molar-refractivity contribution is 0.590. The number of nitrogens with zero attached hydrogens (tertiary/aromatic N) is 2. The molecule has 0 spiro atoms. The molecule has 0 aromatic carbocycles. The highest BCUT2D eigenvalue weighted by molar-refractivity contribution is 4.98. The van der Waals surface area contributed by atoms with Gasteiger partial charge in [-0.15, -0.1) is 0 Å². The van der Waals surface area contributed by atoms with Gasteiger partial charge in [0.05, 0.1) is 12.1 Å². The van der Waals surface area contributed by atoms with Gasteiger partial charge in [-0.3, -0.25) is 0 Å². The summed E-state index contributed by atoms with van der Waals surface area (Å²) in [6.07, 6.45) is 6.15. The van der Waals surface area contributed by atoms with E-state index in [4.69, 9.17) is 10.5 Å². The number of hydrogen-bond acceptors (Lipinski definition) is 2. The van der Waals surface area contributed by atoms with E-state index < -0.39 is 5.92 Å². The third kappa shape index (κ3) is 5.74. The largest absolute Gasteiger partial charge is 0.197 e. The van der Waals surface area contributed by atoms with E-state index in [-0.39, 0.29) is 0 Å². The van der Waals surface area contributed by atoms with Crippen molar-refractivity contribution in [3.8, 4) is 12.1 Å². The van der Waals surface area contributed by atoms with Crippen molar-refractivity contribution in [2.45, 2.75) is 38.5 Å². The normalized spacial score (nSPS) is 9.33. The second-order valence-electron chi connectivity index (χ2n) is 2.87. The van der Waals surface area contributed by atoms with Crippen LogP contribution in [0, 0.1) is 35.5 Å². The zero-order chi connectivity index (χ0) is 9.23. The summed E-state index contributed by atoms with van der Waals surface area (Å²) in [4.78, 5) is 0. The van der Waals surface area contributed by atoms with E-state index >= 15 is 0 Å². The first-order valence-electron chi connectivity index (χ1n) is 4.43. The Labute approximate surface area is 74.8 Å². The van der Waals surface area contributed by atoms with Gasteiger partial charge in [-0.05, 0) is 6.42 Å². The first kappa shape index (κ1) is 11.0. The summed E-state index contributed by atoms with van der Waals surface area (Å²) in [6, 6.07) is 3.94. The van der Waals surface area contributed by atoms with E-state index in [1.165, 1.54) is 6.42 Å². The molecular weight excluding hydrogens is 148 g/mol. The van der Waals surface area contributed by atoms with Gasteiger partial charge in [0, 0.05) is 0 Å². The zero-order valence-electron chi connectivity index (χ0n) is 7.42. The van der Waals surface area contributed by atoms with Gasteiger partial charge in [-0.1, -0.05) is 39.0 Å². The Bertz CT molecular complexity index is 159. The molecule has 0 bridgehead atoms. The van der Waals surface area contributed by atoms with Crippen LogP contribution in [0.25, 0.3) is 0 Å². The number of hydrogen-bond donors (Lipinski definition) is 0. The monoisotopic (exact) mass is 163 g/mol. The molecule has 2 nitrogen and oxygen atoms in total. The molecule has 2 heteroatoms. The number of rotatable bonds is 6. The average Bonchev–Trinajstić information content (AvgIpc) is 2.11. The first-order chi connectivity index (χ1) is 5.85. The van der Waals surface area contributed by atoms with E-state index in [1.54, 1.807) is 0 Å². The van der Waals surface area contributed by atoms with E-state index in [0.717, 1.165) is 32.1 Å². The van der Waals surface area contributed by atoms with Crippen LogP contribution in [0.3, 0.4) is 0 Å². The SMILES string of the molecule is [CH2]CCCCCCC(C#N)C#N.